The Bertz CT molecular complexity index is 1810. The number of carboxylic acid groups (broad SMARTS) is 1. The van der Waals surface area contributed by atoms with E-state index in [1.54, 1.807) is 85.9 Å². The molecule has 0 aromatic heterocycles. The molecule has 18 atom stereocenters. The summed E-state index contributed by atoms with van der Waals surface area (Å²) in [5.41, 5.74) is 11.9. The Labute approximate surface area is 408 Å². The van der Waals surface area contributed by atoms with Crippen molar-refractivity contribution in [3.8, 4) is 0 Å². The molecule has 2 saturated heterocycles. The van der Waals surface area contributed by atoms with Crippen LogP contribution in [-0.2, 0) is 28.5 Å². The smallest absolute Gasteiger partial charge is 0.315 e. The number of carboxylic acids is 1. The summed E-state index contributed by atoms with van der Waals surface area (Å²) < 4.78 is 23.1. The fourth-order valence-corrected chi connectivity index (χ4v) is 7.94. The molecule has 17 N–H and O–H groups in total. The van der Waals surface area contributed by atoms with Crippen molar-refractivity contribution in [2.45, 2.75) is 182 Å². The molecule has 13 unspecified atom stereocenters. The Morgan fingerprint density at radius 3 is 1.93 bits per heavy atom. The number of urea groups is 1. The minimum absolute atomic E-state index is 0.123. The maximum Gasteiger partial charge on any atom is 0.315 e. The summed E-state index contributed by atoms with van der Waals surface area (Å²) in [5.74, 6) is -4.53. The summed E-state index contributed by atoms with van der Waals surface area (Å²) >= 11 is 0. The first-order valence-electron chi connectivity index (χ1n) is 23.6. The molecule has 2 fully saturated rings. The number of allylic oxidation sites excluding steroid dienone is 12. The number of aliphatic hydroxyl groups excluding tert-OH is 9. The van der Waals surface area contributed by atoms with E-state index in [1.165, 1.54) is 6.08 Å². The van der Waals surface area contributed by atoms with E-state index < -0.39 is 154 Å². The van der Waals surface area contributed by atoms with Crippen LogP contribution in [0.25, 0.3) is 0 Å². The van der Waals surface area contributed by atoms with Crippen molar-refractivity contribution in [1.29, 1.82) is 0 Å². The van der Waals surface area contributed by atoms with Crippen LogP contribution in [0.1, 0.15) is 78.1 Å². The number of hydrogen-bond acceptors (Lipinski definition) is 19. The van der Waals surface area contributed by atoms with E-state index in [1.807, 2.05) is 6.92 Å². The van der Waals surface area contributed by atoms with Crippen molar-refractivity contribution >= 4 is 18.0 Å². The largest absolute Gasteiger partial charge is 0.481 e. The normalized spacial score (nSPS) is 41.9. The lowest BCUT2D eigenvalue weighted by molar-refractivity contribution is -0.303. The molecule has 3 aliphatic rings. The summed E-state index contributed by atoms with van der Waals surface area (Å²) in [4.78, 5) is 36.5. The van der Waals surface area contributed by atoms with Crippen LogP contribution >= 0.6 is 0 Å². The van der Waals surface area contributed by atoms with E-state index in [4.69, 9.17) is 35.5 Å². The van der Waals surface area contributed by atoms with Gasteiger partial charge in [0.2, 0.25) is 0 Å². The predicted octanol–water partition coefficient (Wildman–Crippen LogP) is -1.20. The molecule has 0 aromatic carbocycles. The zero-order valence-corrected chi connectivity index (χ0v) is 39.6. The summed E-state index contributed by atoms with van der Waals surface area (Å²) in [6, 6.07) is -3.49. The van der Waals surface area contributed by atoms with Gasteiger partial charge in [0.15, 0.2) is 12.1 Å². The van der Waals surface area contributed by atoms with Crippen molar-refractivity contribution in [3.05, 3.63) is 85.1 Å². The Morgan fingerprint density at radius 1 is 0.714 bits per heavy atom. The second kappa shape index (κ2) is 30.6. The molecule has 396 valence electrons. The van der Waals surface area contributed by atoms with Gasteiger partial charge in [-0.2, -0.15) is 0 Å². The minimum Gasteiger partial charge on any atom is -0.481 e. The van der Waals surface area contributed by atoms with Crippen LogP contribution < -0.4 is 22.1 Å². The van der Waals surface area contributed by atoms with Gasteiger partial charge in [0.25, 0.3) is 0 Å². The number of rotatable bonds is 6. The van der Waals surface area contributed by atoms with E-state index in [0.29, 0.717) is 0 Å². The lowest BCUT2D eigenvalue weighted by atomic mass is 9.87. The number of carbonyl (C=O) groups excluding carboxylic acids is 2. The second-order valence-electron chi connectivity index (χ2n) is 18.1. The lowest BCUT2D eigenvalue weighted by Crippen LogP contribution is -2.65. The van der Waals surface area contributed by atoms with Gasteiger partial charge < -0.3 is 97.2 Å². The molecule has 0 saturated carbocycles. The standard InChI is InChI=1S/C48H76N4O18/c1-28-15-13-11-9-7-5-3-4-6-8-10-12-14-16-33(68-46-44(64)41(49)43(63)45(50)69-46)25-38-42(52-47(65)51-20-19-39(60)61)37(59)27-48(66,70-38)26-32(55)23-36(58)34(56)18-17-30(53)22-31(54)24-40(62)67-29(2)21-35(28)57/h3-16,28-38,41-46,53-59,63-64,66H,17-27,49-50H2,1-2H3,(H,60,61)(H2,51,52,65)/b4-3+,7-5+,8-6+,11-9+,12-10+,15-13+,16-14+/t28-,29-,30?,31?,32?,33?,34?,35?,36?,37-,38-,41?,42?,43?,44?,45?,46-,48?/m0/s1. The molecule has 3 rings (SSSR count). The van der Waals surface area contributed by atoms with E-state index >= 15 is 0 Å². The Balaban J connectivity index is 1.92. The zero-order chi connectivity index (χ0) is 52.0. The van der Waals surface area contributed by atoms with E-state index in [0.717, 1.165) is 0 Å². The molecule has 0 aliphatic carbocycles. The predicted molar refractivity (Wildman–Crippen MR) is 252 cm³/mol. The highest BCUT2D eigenvalue weighted by Crippen LogP contribution is 2.35. The maximum absolute atomic E-state index is 13.0. The van der Waals surface area contributed by atoms with Crippen LogP contribution in [0.5, 0.6) is 0 Å². The van der Waals surface area contributed by atoms with Gasteiger partial charge in [-0.05, 0) is 26.2 Å². The zero-order valence-electron chi connectivity index (χ0n) is 39.6. The highest BCUT2D eigenvalue weighted by Gasteiger charge is 2.49. The fourth-order valence-electron chi connectivity index (χ4n) is 7.94. The Hall–Kier alpha value is -4.21. The minimum atomic E-state index is -2.34. The number of amides is 2. The van der Waals surface area contributed by atoms with Crippen LogP contribution in [0.2, 0.25) is 0 Å². The van der Waals surface area contributed by atoms with E-state index in [2.05, 4.69) is 10.6 Å². The van der Waals surface area contributed by atoms with Gasteiger partial charge >= 0.3 is 18.0 Å². The van der Waals surface area contributed by atoms with Crippen molar-refractivity contribution in [3.63, 3.8) is 0 Å². The number of esters is 1. The topological polar surface area (TPSA) is 387 Å². The monoisotopic (exact) mass is 997 g/mol. The number of aliphatic hydroxyl groups is 10. The Morgan fingerprint density at radius 2 is 1.31 bits per heavy atom. The van der Waals surface area contributed by atoms with Crippen molar-refractivity contribution in [2.24, 2.45) is 17.4 Å². The van der Waals surface area contributed by atoms with Crippen LogP contribution in [-0.4, -0.2) is 184 Å². The lowest BCUT2D eigenvalue weighted by Gasteiger charge is -2.46. The van der Waals surface area contributed by atoms with E-state index in [-0.39, 0.29) is 44.6 Å². The molecule has 2 bridgehead atoms. The third-order valence-corrected chi connectivity index (χ3v) is 11.8. The van der Waals surface area contributed by atoms with Crippen LogP contribution in [0.15, 0.2) is 85.1 Å². The molecule has 3 aliphatic heterocycles. The van der Waals surface area contributed by atoms with Gasteiger partial charge in [-0.3, -0.25) is 9.59 Å². The summed E-state index contributed by atoms with van der Waals surface area (Å²) in [7, 11) is 0. The molecule has 22 nitrogen and oxygen atoms in total. The summed E-state index contributed by atoms with van der Waals surface area (Å²) in [5, 5.41) is 123. The summed E-state index contributed by atoms with van der Waals surface area (Å²) in [6.07, 6.45) is 2.07. The van der Waals surface area contributed by atoms with Crippen LogP contribution in [0.4, 0.5) is 4.79 Å². The van der Waals surface area contributed by atoms with Gasteiger partial charge in [-0.15, -0.1) is 0 Å². The fraction of sp³-hybridized carbons (Fsp3) is 0.646. The first kappa shape index (κ1) is 60.1. The number of ether oxygens (including phenoxy) is 4. The third kappa shape index (κ3) is 22.1. The molecule has 0 radical (unpaired) electrons. The quantitative estimate of drug-likeness (QED) is 0.139. The van der Waals surface area contributed by atoms with Crippen LogP contribution in [0, 0.1) is 5.92 Å². The number of aliphatic carboxylic acids is 1. The third-order valence-electron chi connectivity index (χ3n) is 11.8. The molecule has 22 heteroatoms. The van der Waals surface area contributed by atoms with Gasteiger partial charge in [0, 0.05) is 44.6 Å². The second-order valence-corrected chi connectivity index (χ2v) is 18.1. The molecule has 70 heavy (non-hydrogen) atoms. The van der Waals surface area contributed by atoms with Crippen molar-refractivity contribution in [2.75, 3.05) is 6.54 Å². The van der Waals surface area contributed by atoms with Gasteiger partial charge in [-0.1, -0.05) is 92.0 Å². The van der Waals surface area contributed by atoms with Gasteiger partial charge in [-0.25, -0.2) is 4.79 Å². The molecule has 0 aromatic rings. The van der Waals surface area contributed by atoms with Crippen molar-refractivity contribution in [1.82, 2.24) is 10.6 Å². The SMILES string of the molecule is C[C@H]1CC(O)[C@@H](C)/C=C/C=C/C=C/C=C/C=C/C=C/C=C/C(O[C@H]2OC(N)C(O)C(N)C2O)C[C@@H]2OC(O)(CC(O)CC(O)C(O)CCC(O)CC(O)CC(=O)O1)C[C@H](O)C2NC(=O)NCCC(=O)O. The van der Waals surface area contributed by atoms with E-state index in [9.17, 15) is 65.4 Å². The highest BCUT2D eigenvalue weighted by atomic mass is 16.7. The molecule has 2 amide bonds. The Kier molecular flexibility index (Phi) is 26.3. The molecular formula is C48H76N4O18. The molecular weight excluding hydrogens is 921 g/mol. The number of fused-ring (bicyclic) bond motifs is 2. The number of nitrogens with one attached hydrogen (secondary N) is 2. The summed E-state index contributed by atoms with van der Waals surface area (Å²) in [6.45, 7) is 3.15. The number of carbonyl (C=O) groups is 3. The number of cyclic esters (lactones) is 1. The maximum atomic E-state index is 13.0. The number of nitrogens with two attached hydrogens (primary N) is 2. The first-order chi connectivity index (χ1) is 33.1. The first-order valence-corrected chi connectivity index (χ1v) is 23.6. The van der Waals surface area contributed by atoms with Gasteiger partial charge in [0.05, 0.1) is 79.9 Å². The average Bonchev–Trinajstić information content (AvgIpc) is 3.26. The average molecular weight is 997 g/mol. The number of hydrogen-bond donors (Lipinski definition) is 15. The van der Waals surface area contributed by atoms with Crippen molar-refractivity contribution < 1.29 is 89.5 Å². The highest BCUT2D eigenvalue weighted by molar-refractivity contribution is 5.75. The molecule has 0 spiro atoms. The molecule has 3 heterocycles. The van der Waals surface area contributed by atoms with Gasteiger partial charge in [0.1, 0.15) is 24.5 Å². The van der Waals surface area contributed by atoms with Crippen LogP contribution in [0.3, 0.4) is 0 Å².